The van der Waals surface area contributed by atoms with Crippen LogP contribution in [0.4, 0.5) is 18.9 Å². The highest BCUT2D eigenvalue weighted by Gasteiger charge is 2.34. The number of halogens is 4. The summed E-state index contributed by atoms with van der Waals surface area (Å²) in [5.41, 5.74) is 2.11. The number of imide groups is 1. The highest BCUT2D eigenvalue weighted by Crippen LogP contribution is 2.38. The van der Waals surface area contributed by atoms with Crippen molar-refractivity contribution >= 4 is 44.3 Å². The van der Waals surface area contributed by atoms with Crippen molar-refractivity contribution in [3.63, 3.8) is 0 Å². The van der Waals surface area contributed by atoms with Crippen LogP contribution in [0.1, 0.15) is 62.1 Å². The molecule has 46 heavy (non-hydrogen) atoms. The minimum Gasteiger partial charge on any atom is -0.490 e. The van der Waals surface area contributed by atoms with Gasteiger partial charge in [0.25, 0.3) is 0 Å². The van der Waals surface area contributed by atoms with Gasteiger partial charge in [-0.2, -0.15) is 18.3 Å². The number of nitrogens with one attached hydrogen (secondary N) is 1. The van der Waals surface area contributed by atoms with E-state index in [1.807, 2.05) is 17.8 Å². The molecule has 1 N–H and O–H groups in total. The van der Waals surface area contributed by atoms with Gasteiger partial charge in [-0.05, 0) is 74.9 Å². The number of piperazine rings is 1. The maximum atomic E-state index is 13.2. The van der Waals surface area contributed by atoms with Gasteiger partial charge in [0.05, 0.1) is 34.9 Å². The van der Waals surface area contributed by atoms with Gasteiger partial charge in [0.1, 0.15) is 5.75 Å². The van der Waals surface area contributed by atoms with Gasteiger partial charge in [-0.15, -0.1) is 0 Å². The molecule has 1 saturated carbocycles. The number of alkyl halides is 3. The van der Waals surface area contributed by atoms with E-state index < -0.39 is 17.7 Å². The molecule has 2 aliphatic heterocycles. The molecule has 0 radical (unpaired) electrons. The largest absolute Gasteiger partial charge is 0.490 e. The average Bonchev–Trinajstić information content (AvgIpc) is 3.36. The minimum absolute atomic E-state index is 0.0115. The van der Waals surface area contributed by atoms with Gasteiger partial charge in [-0.1, -0.05) is 15.9 Å². The fraction of sp³-hybridized carbons (Fsp3) is 0.545. The molecule has 6 rings (SSSR count). The Hall–Kier alpha value is -3.16. The van der Waals surface area contributed by atoms with Crippen molar-refractivity contribution in [3.05, 3.63) is 52.1 Å². The summed E-state index contributed by atoms with van der Waals surface area (Å²) >= 11 is 2.97. The molecule has 1 aliphatic carbocycles. The maximum Gasteiger partial charge on any atom is 0.417 e. The van der Waals surface area contributed by atoms with Gasteiger partial charge in [-0.25, -0.2) is 0 Å². The van der Waals surface area contributed by atoms with Crippen LogP contribution >= 0.6 is 15.9 Å². The molecule has 1 aromatic heterocycles. The number of ether oxygens (including phenoxy) is 2. The molecule has 9 nitrogen and oxygen atoms in total. The molecule has 248 valence electrons. The smallest absolute Gasteiger partial charge is 0.417 e. The van der Waals surface area contributed by atoms with Crippen molar-refractivity contribution in [2.45, 2.75) is 69.2 Å². The molecule has 3 aliphatic rings. The van der Waals surface area contributed by atoms with Crippen LogP contribution in [0.25, 0.3) is 10.9 Å². The first kappa shape index (κ1) is 32.8. The van der Waals surface area contributed by atoms with Gasteiger partial charge in [0.15, 0.2) is 0 Å². The van der Waals surface area contributed by atoms with E-state index in [1.54, 1.807) is 6.07 Å². The van der Waals surface area contributed by atoms with Gasteiger partial charge < -0.3 is 14.4 Å². The number of carbonyl (C=O) groups excluding carboxylic acids is 2. The van der Waals surface area contributed by atoms with E-state index >= 15 is 0 Å². The summed E-state index contributed by atoms with van der Waals surface area (Å²) in [6.07, 6.45) is 0.553. The Morgan fingerprint density at radius 2 is 1.72 bits per heavy atom. The van der Waals surface area contributed by atoms with Crippen molar-refractivity contribution in [3.8, 4) is 5.75 Å². The fourth-order valence-electron chi connectivity index (χ4n) is 6.75. The highest BCUT2D eigenvalue weighted by molar-refractivity contribution is 9.10. The number of hydrogen-bond acceptors (Lipinski definition) is 7. The Morgan fingerprint density at radius 3 is 2.43 bits per heavy atom. The Labute approximate surface area is 274 Å². The lowest BCUT2D eigenvalue weighted by molar-refractivity contribution is -0.138. The van der Waals surface area contributed by atoms with Crippen LogP contribution in [0, 0.1) is 0 Å². The molecule has 2 amide bonds. The van der Waals surface area contributed by atoms with E-state index in [1.165, 1.54) is 6.07 Å². The number of benzene rings is 2. The van der Waals surface area contributed by atoms with Crippen molar-refractivity contribution in [2.75, 3.05) is 44.2 Å². The summed E-state index contributed by atoms with van der Waals surface area (Å²) in [5, 5.41) is 8.05. The Morgan fingerprint density at radius 1 is 0.978 bits per heavy atom. The van der Waals surface area contributed by atoms with Crippen LogP contribution in [0.2, 0.25) is 0 Å². The number of anilines is 1. The number of rotatable bonds is 9. The minimum atomic E-state index is -4.43. The SMILES string of the molecule is Cn1nc(C2CCC(=O)NC2=O)c2ccc(N3CCN(CCCOC4CCC(Oc5ccc(Br)c(C(F)(F)F)c5)CC4)CC3)cc21. The van der Waals surface area contributed by atoms with Crippen molar-refractivity contribution < 1.29 is 32.2 Å². The zero-order chi connectivity index (χ0) is 32.4. The monoisotopic (exact) mass is 705 g/mol. The van der Waals surface area contributed by atoms with Gasteiger partial charge in [-0.3, -0.25) is 24.5 Å². The lowest BCUT2D eigenvalue weighted by Crippen LogP contribution is -2.46. The second-order valence-corrected chi connectivity index (χ2v) is 13.3. The Balaban J connectivity index is 0.908. The lowest BCUT2D eigenvalue weighted by Gasteiger charge is -2.36. The molecular weight excluding hydrogens is 667 g/mol. The first-order chi connectivity index (χ1) is 22.0. The van der Waals surface area contributed by atoms with Crippen LogP contribution in [-0.2, 0) is 27.5 Å². The zero-order valence-electron chi connectivity index (χ0n) is 25.8. The van der Waals surface area contributed by atoms with Gasteiger partial charge in [0.2, 0.25) is 11.8 Å². The van der Waals surface area contributed by atoms with E-state index in [9.17, 15) is 22.8 Å². The van der Waals surface area contributed by atoms with E-state index in [-0.39, 0.29) is 34.2 Å². The maximum absolute atomic E-state index is 13.2. The van der Waals surface area contributed by atoms with Crippen LogP contribution < -0.4 is 15.0 Å². The summed E-state index contributed by atoms with van der Waals surface area (Å²) in [6, 6.07) is 10.3. The van der Waals surface area contributed by atoms with Gasteiger partial charge >= 0.3 is 6.18 Å². The third-order valence-corrected chi connectivity index (χ3v) is 10.0. The fourth-order valence-corrected chi connectivity index (χ4v) is 7.23. The topological polar surface area (TPSA) is 88.9 Å². The number of amides is 2. The molecule has 2 aromatic carbocycles. The molecule has 3 aromatic rings. The quantitative estimate of drug-likeness (QED) is 0.223. The first-order valence-electron chi connectivity index (χ1n) is 16.0. The number of piperidine rings is 1. The van der Waals surface area contributed by atoms with Crippen LogP contribution in [0.5, 0.6) is 5.75 Å². The van der Waals surface area contributed by atoms with Crippen molar-refractivity contribution in [1.82, 2.24) is 20.0 Å². The predicted octanol–water partition coefficient (Wildman–Crippen LogP) is 5.79. The van der Waals surface area contributed by atoms with E-state index in [0.29, 0.717) is 19.4 Å². The van der Waals surface area contributed by atoms with Crippen molar-refractivity contribution in [2.24, 2.45) is 7.05 Å². The third kappa shape index (κ3) is 7.52. The predicted molar refractivity (Wildman–Crippen MR) is 171 cm³/mol. The average molecular weight is 707 g/mol. The molecule has 0 bridgehead atoms. The molecule has 3 fully saturated rings. The molecule has 13 heteroatoms. The molecule has 1 unspecified atom stereocenters. The third-order valence-electron chi connectivity index (χ3n) is 9.31. The number of aryl methyl sites for hydroxylation is 1. The van der Waals surface area contributed by atoms with Crippen LogP contribution in [0.15, 0.2) is 40.9 Å². The summed E-state index contributed by atoms with van der Waals surface area (Å²) in [4.78, 5) is 28.9. The summed E-state index contributed by atoms with van der Waals surface area (Å²) in [5.74, 6) is -0.665. The summed E-state index contributed by atoms with van der Waals surface area (Å²) < 4.78 is 53.5. The highest BCUT2D eigenvalue weighted by atomic mass is 79.9. The molecule has 3 heterocycles. The number of aromatic nitrogens is 2. The number of carbonyl (C=O) groups is 2. The second-order valence-electron chi connectivity index (χ2n) is 12.4. The van der Waals surface area contributed by atoms with Crippen molar-refractivity contribution in [1.29, 1.82) is 0 Å². The van der Waals surface area contributed by atoms with E-state index in [2.05, 4.69) is 48.3 Å². The zero-order valence-corrected chi connectivity index (χ0v) is 27.4. The van der Waals surface area contributed by atoms with Crippen LogP contribution in [-0.4, -0.2) is 78.0 Å². The molecular formula is C33H39BrF3N5O4. The van der Waals surface area contributed by atoms with Crippen LogP contribution in [0.3, 0.4) is 0 Å². The molecule has 2 saturated heterocycles. The molecule has 0 spiro atoms. The Bertz CT molecular complexity index is 1560. The number of fused-ring (bicyclic) bond motifs is 1. The summed E-state index contributed by atoms with van der Waals surface area (Å²) in [6.45, 7) is 5.39. The van der Waals surface area contributed by atoms with E-state index in [0.717, 1.165) is 93.2 Å². The lowest BCUT2D eigenvalue weighted by atomic mass is 9.93. The second kappa shape index (κ2) is 13.9. The Kier molecular flexibility index (Phi) is 9.91. The number of hydrogen-bond donors (Lipinski definition) is 1. The first-order valence-corrected chi connectivity index (χ1v) is 16.8. The normalized spacial score (nSPS) is 23.2. The van der Waals surface area contributed by atoms with Gasteiger partial charge in [0, 0.05) is 68.3 Å². The number of nitrogens with zero attached hydrogens (tertiary/aromatic N) is 4. The summed E-state index contributed by atoms with van der Waals surface area (Å²) in [7, 11) is 1.89. The van der Waals surface area contributed by atoms with E-state index in [4.69, 9.17) is 9.47 Å². The molecule has 1 atom stereocenters. The standard InChI is InChI=1S/C33H39BrF3N5O4/c1-40-29-19-21(3-9-25(29)31(39-40)26-10-12-30(43)38-32(26)44)42-16-14-41(15-17-42)13-2-18-45-22-4-6-23(7-5-22)46-24-8-11-28(34)27(20-24)33(35,36)37/h3,8-9,11,19-20,22-23,26H,2,4-7,10,12-18H2,1H3,(H,38,43,44).